The van der Waals surface area contributed by atoms with Crippen molar-refractivity contribution in [3.63, 3.8) is 0 Å². The minimum absolute atomic E-state index is 0.833. The van der Waals surface area contributed by atoms with E-state index in [1.54, 1.807) is 0 Å². The summed E-state index contributed by atoms with van der Waals surface area (Å²) in [4.78, 5) is 9.25. The summed E-state index contributed by atoms with van der Waals surface area (Å²) in [6.45, 7) is 2.96. The van der Waals surface area contributed by atoms with Gasteiger partial charge in [0.25, 0.3) is 0 Å². The van der Waals surface area contributed by atoms with Gasteiger partial charge in [0.05, 0.1) is 0 Å². The van der Waals surface area contributed by atoms with Crippen molar-refractivity contribution in [1.82, 2.24) is 0 Å². The maximum absolute atomic E-state index is 9.31. The third kappa shape index (κ3) is 25.0. The third-order valence-corrected chi connectivity index (χ3v) is 0.175. The molecule has 0 heterocycles. The van der Waals surface area contributed by atoms with Crippen molar-refractivity contribution < 1.29 is 34.5 Å². The molecule has 0 aromatic carbocycles. The second kappa shape index (κ2) is 9.30. The molecule has 1 N–H and O–H groups in total. The fraction of sp³-hybridized carbons (Fsp3) is 0. The number of halogens is 1. The van der Waals surface area contributed by atoms with Gasteiger partial charge in [0.15, 0.2) is 0 Å². The van der Waals surface area contributed by atoms with Crippen LogP contribution in [0.3, 0.4) is 0 Å². The van der Waals surface area contributed by atoms with Gasteiger partial charge in [-0.2, -0.15) is 0 Å². The van der Waals surface area contributed by atoms with Gasteiger partial charge >= 0.3 is 30.6 Å². The summed E-state index contributed by atoms with van der Waals surface area (Å²) in [5.74, 6) is -0.981. The van der Waals surface area contributed by atoms with Gasteiger partial charge in [0.1, 0.15) is 0 Å². The van der Waals surface area contributed by atoms with Crippen molar-refractivity contribution in [3.05, 3.63) is 12.7 Å². The Hall–Kier alpha value is -0.120. The Morgan fingerprint density at radius 3 is 2.00 bits per heavy atom. The summed E-state index contributed by atoms with van der Waals surface area (Å²) in [5, 5.41) is 7.60. The first-order chi connectivity index (χ1) is 3.27. The fourth-order valence-electron chi connectivity index (χ4n) is 0. The van der Waals surface area contributed by atoms with Crippen molar-refractivity contribution in [1.29, 1.82) is 0 Å². The first-order valence-electron chi connectivity index (χ1n) is 1.24. The number of carboxylic acids is 1. The van der Waals surface area contributed by atoms with Crippen LogP contribution in [0.2, 0.25) is 0 Å². The number of carbonyl (C=O) groups is 1. The van der Waals surface area contributed by atoms with Crippen molar-refractivity contribution >= 4 is 5.97 Å². The molecule has 4 heteroatoms. The predicted molar refractivity (Wildman–Crippen MR) is 18.9 cm³/mol. The van der Waals surface area contributed by atoms with E-state index in [0.29, 0.717) is 0 Å². The van der Waals surface area contributed by atoms with Gasteiger partial charge in [0.2, 0.25) is 0 Å². The zero-order valence-corrected chi connectivity index (χ0v) is 4.80. The molecule has 0 saturated heterocycles. The molecule has 2 nitrogen and oxygen atoms in total. The van der Waals surface area contributed by atoms with Crippen LogP contribution in [0.15, 0.2) is 12.7 Å². The zero-order chi connectivity index (χ0) is 6.28. The Morgan fingerprint density at radius 1 is 1.86 bits per heavy atom. The molecule has 0 unspecified atom stereocenters. The summed E-state index contributed by atoms with van der Waals surface area (Å²) in [5.41, 5.74) is 0. The van der Waals surface area contributed by atoms with Gasteiger partial charge in [-0.05, 0) is 0 Å². The molecule has 0 saturated carbocycles. The average molecular weight is 199 g/mol. The minimum atomic E-state index is -0.981. The average Bonchev–Trinajstić information content (AvgIpc) is 1.73. The van der Waals surface area contributed by atoms with E-state index in [0.717, 1.165) is 6.08 Å². The normalized spacial score (nSPS) is 5.57. The zero-order valence-electron chi connectivity index (χ0n) is 3.32. The Labute approximate surface area is 53.7 Å². The van der Waals surface area contributed by atoms with Gasteiger partial charge in [0, 0.05) is 6.08 Å². The van der Waals surface area contributed by atoms with Crippen LogP contribution < -0.4 is 0 Å². The molecule has 0 aliphatic rings. The topological polar surface area (TPSA) is 37.3 Å². The standard InChI is InChI=1S/C3H4O2.Ag.FH/c1-2-3(4)5;;/h2H,1H2,(H,4,5);;1H/q;+1;/p-1. The van der Waals surface area contributed by atoms with Crippen molar-refractivity contribution in [3.8, 4) is 0 Å². The quantitative estimate of drug-likeness (QED) is 0.497. The Morgan fingerprint density at radius 2 is 2.00 bits per heavy atom. The molecule has 0 rings (SSSR count). The van der Waals surface area contributed by atoms with Crippen LogP contribution in [0, 0.1) is 0 Å². The van der Waals surface area contributed by atoms with E-state index in [9.17, 15) is 7.82 Å². The summed E-state index contributed by atoms with van der Waals surface area (Å²) in [6, 6.07) is 0. The predicted octanol–water partition coefficient (Wildman–Crippen LogP) is 0.675. The van der Waals surface area contributed by atoms with Crippen LogP contribution in [0.4, 0.5) is 3.02 Å². The van der Waals surface area contributed by atoms with Crippen LogP contribution in [0.25, 0.3) is 0 Å². The number of hydrogen-bond donors (Lipinski definition) is 1. The molecule has 0 atom stereocenters. The number of hydrogen-bond acceptors (Lipinski definition) is 1. The summed E-state index contributed by atoms with van der Waals surface area (Å²) >= 11 is 1.45. The molecule has 0 amide bonds. The van der Waals surface area contributed by atoms with Gasteiger partial charge in [-0.25, -0.2) is 4.79 Å². The van der Waals surface area contributed by atoms with Crippen molar-refractivity contribution in [2.24, 2.45) is 0 Å². The number of carboxylic acid groups (broad SMARTS) is 1. The number of aliphatic carboxylic acids is 1. The Bertz CT molecular complexity index is 64.0. The fourth-order valence-corrected chi connectivity index (χ4v) is 0. The van der Waals surface area contributed by atoms with Crippen LogP contribution in [0.5, 0.6) is 0 Å². The summed E-state index contributed by atoms with van der Waals surface area (Å²) in [6.07, 6.45) is 0.833. The van der Waals surface area contributed by atoms with Gasteiger partial charge in [-0.1, -0.05) is 6.58 Å². The summed E-state index contributed by atoms with van der Waals surface area (Å²) in [7, 11) is 0. The van der Waals surface area contributed by atoms with Crippen LogP contribution >= 0.6 is 0 Å². The molecular formula is C3H4AgFO2. The molecule has 0 aliphatic heterocycles. The first-order valence-corrected chi connectivity index (χ1v) is 1.80. The second-order valence-electron chi connectivity index (χ2n) is 0.542. The molecule has 46 valence electrons. The summed E-state index contributed by atoms with van der Waals surface area (Å²) < 4.78 is 9.31. The van der Waals surface area contributed by atoms with Crippen LogP contribution in [-0.4, -0.2) is 11.1 Å². The van der Waals surface area contributed by atoms with E-state index < -0.39 is 5.97 Å². The van der Waals surface area contributed by atoms with Crippen molar-refractivity contribution in [2.45, 2.75) is 0 Å². The van der Waals surface area contributed by atoms with Gasteiger partial charge in [-0.15, -0.1) is 0 Å². The maximum atomic E-state index is 9.31. The molecule has 0 aromatic rings. The molecule has 0 fully saturated rings. The van der Waals surface area contributed by atoms with Crippen LogP contribution in [-0.2, 0) is 26.4 Å². The molecule has 0 radical (unpaired) electrons. The second-order valence-corrected chi connectivity index (χ2v) is 0.542. The first kappa shape index (κ1) is 9.99. The third-order valence-electron chi connectivity index (χ3n) is 0.175. The molecule has 0 aliphatic carbocycles. The van der Waals surface area contributed by atoms with Gasteiger partial charge in [-0.3, -0.25) is 0 Å². The van der Waals surface area contributed by atoms with E-state index in [2.05, 4.69) is 6.58 Å². The van der Waals surface area contributed by atoms with E-state index in [4.69, 9.17) is 5.11 Å². The van der Waals surface area contributed by atoms with E-state index >= 15 is 0 Å². The molecular weight excluding hydrogens is 195 g/mol. The Kier molecular flexibility index (Phi) is 13.3. The SMILES string of the molecule is C=CC(=O)O.[F][Ag]. The van der Waals surface area contributed by atoms with E-state index in [-0.39, 0.29) is 0 Å². The van der Waals surface area contributed by atoms with E-state index in [1.807, 2.05) is 0 Å². The molecule has 0 bridgehead atoms. The molecule has 0 aromatic heterocycles. The van der Waals surface area contributed by atoms with Crippen molar-refractivity contribution in [2.75, 3.05) is 0 Å². The Balaban J connectivity index is 0. The number of rotatable bonds is 1. The molecule has 7 heavy (non-hydrogen) atoms. The van der Waals surface area contributed by atoms with Crippen LogP contribution in [0.1, 0.15) is 0 Å². The van der Waals surface area contributed by atoms with Gasteiger partial charge < -0.3 is 5.11 Å². The van der Waals surface area contributed by atoms with E-state index in [1.165, 1.54) is 21.6 Å². The molecule has 0 spiro atoms. The monoisotopic (exact) mass is 198 g/mol.